The average Bonchev–Trinajstić information content (AvgIpc) is 2.73. The van der Waals surface area contributed by atoms with E-state index in [0.717, 1.165) is 30.4 Å². The van der Waals surface area contributed by atoms with Gasteiger partial charge >= 0.3 is 0 Å². The summed E-state index contributed by atoms with van der Waals surface area (Å²) in [5, 5.41) is 9.90. The minimum absolute atomic E-state index is 0.315. The number of rotatable bonds is 2. The van der Waals surface area contributed by atoms with Crippen LogP contribution < -0.4 is 0 Å². The molecule has 0 radical (unpaired) electrons. The first-order valence-corrected chi connectivity index (χ1v) is 6.18. The maximum Gasteiger partial charge on any atom is 0.141 e. The fourth-order valence-electron chi connectivity index (χ4n) is 2.57. The van der Waals surface area contributed by atoms with Gasteiger partial charge in [0.1, 0.15) is 5.82 Å². The van der Waals surface area contributed by atoms with Gasteiger partial charge in [0.25, 0.3) is 0 Å². The van der Waals surface area contributed by atoms with Crippen LogP contribution in [0.2, 0.25) is 0 Å². The number of pyridine rings is 1. The number of nitrogens with zero attached hydrogens (tertiary/aromatic N) is 2. The summed E-state index contributed by atoms with van der Waals surface area (Å²) in [6.07, 6.45) is 9.40. The van der Waals surface area contributed by atoms with Gasteiger partial charge in [0.2, 0.25) is 0 Å². The molecule has 2 heterocycles. The second kappa shape index (κ2) is 4.53. The number of fused-ring (bicyclic) bond motifs is 1. The monoisotopic (exact) mass is 246 g/mol. The second-order valence-corrected chi connectivity index (χ2v) is 4.83. The lowest BCUT2D eigenvalue weighted by molar-refractivity contribution is 0.157. The van der Waals surface area contributed by atoms with Crippen LogP contribution in [-0.4, -0.2) is 14.7 Å². The maximum atomic E-state index is 13.0. The van der Waals surface area contributed by atoms with Crippen LogP contribution in [0.25, 0.3) is 0 Å². The Morgan fingerprint density at radius 3 is 3.06 bits per heavy atom. The van der Waals surface area contributed by atoms with E-state index in [1.54, 1.807) is 6.20 Å². The summed E-state index contributed by atoms with van der Waals surface area (Å²) >= 11 is 0. The van der Waals surface area contributed by atoms with E-state index in [0.29, 0.717) is 6.54 Å². The summed E-state index contributed by atoms with van der Waals surface area (Å²) in [5.41, 5.74) is 3.06. The summed E-state index contributed by atoms with van der Waals surface area (Å²) in [5.74, 6) is -0.315. The van der Waals surface area contributed by atoms with Crippen molar-refractivity contribution in [2.45, 2.75) is 31.9 Å². The Hall–Kier alpha value is -1.68. The number of hydrogen-bond donors (Lipinski definition) is 1. The molecule has 18 heavy (non-hydrogen) atoms. The molecule has 0 aliphatic heterocycles. The third-order valence-corrected chi connectivity index (χ3v) is 3.41. The van der Waals surface area contributed by atoms with Crippen molar-refractivity contribution in [3.8, 4) is 0 Å². The highest BCUT2D eigenvalue weighted by Crippen LogP contribution is 2.30. The van der Waals surface area contributed by atoms with Crippen molar-refractivity contribution >= 4 is 0 Å². The van der Waals surface area contributed by atoms with Gasteiger partial charge in [-0.25, -0.2) is 4.39 Å². The van der Waals surface area contributed by atoms with Crippen molar-refractivity contribution in [3.63, 3.8) is 0 Å². The quantitative estimate of drug-likeness (QED) is 0.883. The molecule has 2 aromatic heterocycles. The lowest BCUT2D eigenvalue weighted by atomic mass is 9.93. The normalized spacial score (nSPS) is 18.7. The zero-order valence-electron chi connectivity index (χ0n) is 10.0. The molecule has 0 bridgehead atoms. The second-order valence-electron chi connectivity index (χ2n) is 4.83. The number of hydrogen-bond acceptors (Lipinski definition) is 2. The molecule has 1 atom stereocenters. The van der Waals surface area contributed by atoms with E-state index in [1.165, 1.54) is 17.8 Å². The lowest BCUT2D eigenvalue weighted by Crippen LogP contribution is -2.05. The van der Waals surface area contributed by atoms with Crippen molar-refractivity contribution < 1.29 is 9.50 Å². The Bertz CT molecular complexity index is 565. The highest BCUT2D eigenvalue weighted by Gasteiger charge is 2.19. The molecular weight excluding hydrogens is 231 g/mol. The van der Waals surface area contributed by atoms with Crippen molar-refractivity contribution in [2.24, 2.45) is 0 Å². The standard InChI is InChI=1S/C14H15FN2O/c15-12-4-10(5-16-6-12)7-17-8-11-2-1-3-14(18)13(11)9-17/h4-6,8-9,14,18H,1-3,7H2. The fourth-order valence-corrected chi connectivity index (χ4v) is 2.57. The third kappa shape index (κ3) is 2.16. The van der Waals surface area contributed by atoms with Gasteiger partial charge in [-0.15, -0.1) is 0 Å². The molecule has 3 nitrogen and oxygen atoms in total. The van der Waals surface area contributed by atoms with Crippen LogP contribution in [0.4, 0.5) is 4.39 Å². The predicted octanol–water partition coefficient (Wildman–Crippen LogP) is 2.44. The first kappa shape index (κ1) is 11.4. The lowest BCUT2D eigenvalue weighted by Gasteiger charge is -2.16. The van der Waals surface area contributed by atoms with E-state index in [-0.39, 0.29) is 11.9 Å². The van der Waals surface area contributed by atoms with Crippen LogP contribution in [0.3, 0.4) is 0 Å². The molecule has 1 aliphatic carbocycles. The van der Waals surface area contributed by atoms with Gasteiger partial charge in [0.05, 0.1) is 12.3 Å². The molecule has 2 aromatic rings. The highest BCUT2D eigenvalue weighted by molar-refractivity contribution is 5.29. The molecule has 1 unspecified atom stereocenters. The minimum Gasteiger partial charge on any atom is -0.388 e. The number of halogens is 1. The molecule has 1 aliphatic rings. The largest absolute Gasteiger partial charge is 0.388 e. The Morgan fingerprint density at radius 1 is 1.39 bits per heavy atom. The summed E-state index contributed by atoms with van der Waals surface area (Å²) in [6, 6.07) is 1.49. The van der Waals surface area contributed by atoms with Gasteiger partial charge in [-0.1, -0.05) is 0 Å². The molecular formula is C14H15FN2O. The smallest absolute Gasteiger partial charge is 0.141 e. The van der Waals surface area contributed by atoms with Crippen LogP contribution in [0.5, 0.6) is 0 Å². The zero-order chi connectivity index (χ0) is 12.5. The number of aromatic nitrogens is 2. The fraction of sp³-hybridized carbons (Fsp3) is 0.357. The first-order valence-electron chi connectivity index (χ1n) is 6.18. The van der Waals surface area contributed by atoms with Gasteiger partial charge in [-0.3, -0.25) is 4.98 Å². The Balaban J connectivity index is 1.85. The summed E-state index contributed by atoms with van der Waals surface area (Å²) in [6.45, 7) is 0.588. The van der Waals surface area contributed by atoms with Crippen molar-refractivity contribution in [1.29, 1.82) is 0 Å². The van der Waals surface area contributed by atoms with Gasteiger partial charge < -0.3 is 9.67 Å². The minimum atomic E-state index is -0.347. The van der Waals surface area contributed by atoms with Gasteiger partial charge in [0.15, 0.2) is 0 Å². The average molecular weight is 246 g/mol. The number of aliphatic hydroxyl groups excluding tert-OH is 1. The van der Waals surface area contributed by atoms with Gasteiger partial charge in [0, 0.05) is 30.7 Å². The number of aryl methyl sites for hydroxylation is 1. The highest BCUT2D eigenvalue weighted by atomic mass is 19.1. The molecule has 0 amide bonds. The van der Waals surface area contributed by atoms with E-state index in [4.69, 9.17) is 0 Å². The summed E-state index contributed by atoms with van der Waals surface area (Å²) in [4.78, 5) is 3.84. The van der Waals surface area contributed by atoms with E-state index >= 15 is 0 Å². The van der Waals surface area contributed by atoms with E-state index in [9.17, 15) is 9.50 Å². The van der Waals surface area contributed by atoms with Crippen LogP contribution >= 0.6 is 0 Å². The SMILES string of the molecule is OC1CCCc2cn(Cc3cncc(F)c3)cc21. The van der Waals surface area contributed by atoms with Gasteiger partial charge in [-0.2, -0.15) is 0 Å². The Morgan fingerprint density at radius 2 is 2.28 bits per heavy atom. The Kier molecular flexibility index (Phi) is 2.88. The van der Waals surface area contributed by atoms with Crippen molar-refractivity contribution in [1.82, 2.24) is 9.55 Å². The maximum absolute atomic E-state index is 13.0. The topological polar surface area (TPSA) is 38.0 Å². The molecule has 0 saturated heterocycles. The molecule has 0 spiro atoms. The van der Waals surface area contributed by atoms with Crippen molar-refractivity contribution in [2.75, 3.05) is 0 Å². The molecule has 4 heteroatoms. The summed E-state index contributed by atoms with van der Waals surface area (Å²) in [7, 11) is 0. The van der Waals surface area contributed by atoms with Crippen LogP contribution in [0, 0.1) is 5.82 Å². The molecule has 1 N–H and O–H groups in total. The van der Waals surface area contributed by atoms with Crippen molar-refractivity contribution in [3.05, 3.63) is 53.4 Å². The number of aliphatic hydroxyl groups is 1. The first-order chi connectivity index (χ1) is 8.72. The van der Waals surface area contributed by atoms with E-state index < -0.39 is 0 Å². The van der Waals surface area contributed by atoms with E-state index in [2.05, 4.69) is 4.98 Å². The van der Waals surface area contributed by atoms with E-state index in [1.807, 2.05) is 17.0 Å². The van der Waals surface area contributed by atoms with Gasteiger partial charge in [-0.05, 0) is 36.5 Å². The molecule has 0 saturated carbocycles. The Labute approximate surface area is 105 Å². The molecule has 0 aromatic carbocycles. The van der Waals surface area contributed by atoms with Crippen LogP contribution in [0.1, 0.15) is 35.6 Å². The van der Waals surface area contributed by atoms with Crippen LogP contribution in [-0.2, 0) is 13.0 Å². The summed E-state index contributed by atoms with van der Waals surface area (Å²) < 4.78 is 15.0. The molecule has 0 fully saturated rings. The molecule has 3 rings (SSSR count). The van der Waals surface area contributed by atoms with Crippen LogP contribution in [0.15, 0.2) is 30.9 Å². The predicted molar refractivity (Wildman–Crippen MR) is 65.6 cm³/mol. The third-order valence-electron chi connectivity index (χ3n) is 3.41. The zero-order valence-corrected chi connectivity index (χ0v) is 10.0. The molecule has 94 valence electrons.